The summed E-state index contributed by atoms with van der Waals surface area (Å²) in [4.78, 5) is 4.65. The quantitative estimate of drug-likeness (QED) is 0.751. The summed E-state index contributed by atoms with van der Waals surface area (Å²) < 4.78 is 12.6. The first kappa shape index (κ1) is 13.3. The molecule has 0 aliphatic heterocycles. The number of rotatable bonds is 3. The van der Waals surface area contributed by atoms with E-state index in [-0.39, 0.29) is 0 Å². The maximum absolute atomic E-state index is 6.00. The number of ether oxygens (including phenoxy) is 2. The van der Waals surface area contributed by atoms with Gasteiger partial charge in [0, 0.05) is 12.6 Å². The smallest absolute Gasteiger partial charge is 0.161 e. The van der Waals surface area contributed by atoms with E-state index in [1.54, 1.807) is 14.2 Å². The fourth-order valence-electron chi connectivity index (χ4n) is 2.47. The number of methoxy groups -OCH3 is 2. The van der Waals surface area contributed by atoms with Gasteiger partial charge in [0.1, 0.15) is 11.3 Å². The zero-order valence-electron chi connectivity index (χ0n) is 12.3. The largest absolute Gasteiger partial charge is 0.493 e. The van der Waals surface area contributed by atoms with Gasteiger partial charge in [-0.2, -0.15) is 0 Å². The van der Waals surface area contributed by atoms with Crippen molar-refractivity contribution in [3.05, 3.63) is 36.4 Å². The van der Waals surface area contributed by atoms with Crippen LogP contribution in [-0.2, 0) is 7.05 Å². The van der Waals surface area contributed by atoms with Crippen molar-refractivity contribution in [3.63, 3.8) is 0 Å². The predicted octanol–water partition coefficient (Wildman–Crippen LogP) is 2.84. The number of anilines is 1. The van der Waals surface area contributed by atoms with Crippen LogP contribution >= 0.6 is 0 Å². The van der Waals surface area contributed by atoms with E-state index in [9.17, 15) is 0 Å². The lowest BCUT2D eigenvalue weighted by atomic mass is 10.2. The summed E-state index contributed by atoms with van der Waals surface area (Å²) >= 11 is 0. The van der Waals surface area contributed by atoms with Crippen molar-refractivity contribution in [1.82, 2.24) is 9.55 Å². The molecule has 0 fully saturated rings. The highest BCUT2D eigenvalue weighted by atomic mass is 16.5. The Morgan fingerprint density at radius 1 is 1.05 bits per heavy atom. The molecule has 0 radical (unpaired) electrons. The van der Waals surface area contributed by atoms with E-state index >= 15 is 0 Å². The number of nitrogen functional groups attached to an aromatic ring is 1. The third-order valence-corrected chi connectivity index (χ3v) is 3.58. The fraction of sp³-hybridized carbons (Fsp3) is 0.188. The first-order chi connectivity index (χ1) is 10.2. The minimum Gasteiger partial charge on any atom is -0.493 e. The molecule has 0 unspecified atom stereocenters. The first-order valence-corrected chi connectivity index (χ1v) is 6.59. The van der Waals surface area contributed by atoms with Gasteiger partial charge in [-0.15, -0.1) is 0 Å². The Kier molecular flexibility index (Phi) is 3.17. The summed E-state index contributed by atoms with van der Waals surface area (Å²) in [5, 5.41) is 0. The molecule has 1 heterocycles. The topological polar surface area (TPSA) is 62.3 Å². The van der Waals surface area contributed by atoms with Gasteiger partial charge in [-0.25, -0.2) is 4.98 Å². The lowest BCUT2D eigenvalue weighted by molar-refractivity contribution is 0.355. The molecule has 1 aromatic heterocycles. The van der Waals surface area contributed by atoms with Crippen LogP contribution in [0, 0.1) is 0 Å². The van der Waals surface area contributed by atoms with E-state index in [0.29, 0.717) is 17.2 Å². The van der Waals surface area contributed by atoms with E-state index in [0.717, 1.165) is 22.4 Å². The van der Waals surface area contributed by atoms with E-state index in [4.69, 9.17) is 15.2 Å². The highest BCUT2D eigenvalue weighted by molar-refractivity contribution is 5.90. The van der Waals surface area contributed by atoms with Gasteiger partial charge in [-0.1, -0.05) is 6.07 Å². The summed E-state index contributed by atoms with van der Waals surface area (Å²) in [6.07, 6.45) is 0. The van der Waals surface area contributed by atoms with Crippen LogP contribution in [0.5, 0.6) is 11.5 Å². The molecule has 0 aliphatic carbocycles. The number of benzene rings is 2. The molecule has 0 saturated carbocycles. The zero-order chi connectivity index (χ0) is 15.0. The van der Waals surface area contributed by atoms with Gasteiger partial charge in [0.15, 0.2) is 11.5 Å². The molecule has 3 rings (SSSR count). The summed E-state index contributed by atoms with van der Waals surface area (Å²) in [6.45, 7) is 0. The molecule has 2 aromatic carbocycles. The Labute approximate surface area is 122 Å². The Morgan fingerprint density at radius 3 is 2.48 bits per heavy atom. The van der Waals surface area contributed by atoms with E-state index < -0.39 is 0 Å². The van der Waals surface area contributed by atoms with Crippen molar-refractivity contribution >= 4 is 16.7 Å². The van der Waals surface area contributed by atoms with Gasteiger partial charge < -0.3 is 19.8 Å². The summed E-state index contributed by atoms with van der Waals surface area (Å²) in [6, 6.07) is 11.5. The summed E-state index contributed by atoms with van der Waals surface area (Å²) in [5.41, 5.74) is 9.43. The highest BCUT2D eigenvalue weighted by Gasteiger charge is 2.13. The lowest BCUT2D eigenvalue weighted by Gasteiger charge is -2.09. The number of nitrogens with two attached hydrogens (primary N) is 1. The minimum atomic E-state index is 0.676. The molecule has 5 heteroatoms. The molecule has 0 atom stereocenters. The third kappa shape index (κ3) is 2.07. The third-order valence-electron chi connectivity index (χ3n) is 3.58. The van der Waals surface area contributed by atoms with Crippen molar-refractivity contribution in [2.45, 2.75) is 0 Å². The van der Waals surface area contributed by atoms with Crippen molar-refractivity contribution in [1.29, 1.82) is 0 Å². The highest BCUT2D eigenvalue weighted by Crippen LogP contribution is 2.33. The standard InChI is InChI=1S/C16H17N3O2/c1-19-12-6-4-5-11(17)15(12)18-16(19)10-7-8-13(20-2)14(9-10)21-3/h4-9H,17H2,1-3H3. The maximum atomic E-state index is 6.00. The van der Waals surface area contributed by atoms with Crippen LogP contribution in [0.15, 0.2) is 36.4 Å². The molecule has 5 nitrogen and oxygen atoms in total. The number of aromatic nitrogens is 2. The fourth-order valence-corrected chi connectivity index (χ4v) is 2.47. The Bertz CT molecular complexity index is 809. The average molecular weight is 283 g/mol. The van der Waals surface area contributed by atoms with Crippen molar-refractivity contribution < 1.29 is 9.47 Å². The Balaban J connectivity index is 2.21. The Morgan fingerprint density at radius 2 is 1.81 bits per heavy atom. The second kappa shape index (κ2) is 5.01. The molecule has 2 N–H and O–H groups in total. The molecule has 108 valence electrons. The number of nitrogens with zero attached hydrogens (tertiary/aromatic N) is 2. The van der Waals surface area contributed by atoms with Crippen LogP contribution in [0.2, 0.25) is 0 Å². The summed E-state index contributed by atoms with van der Waals surface area (Å²) in [5.74, 6) is 2.21. The Hall–Kier alpha value is -2.69. The molecule has 0 amide bonds. The minimum absolute atomic E-state index is 0.676. The molecule has 3 aromatic rings. The SMILES string of the molecule is COc1ccc(-c2nc3c(N)cccc3n2C)cc1OC. The molecule has 0 bridgehead atoms. The van der Waals surface area contributed by atoms with Crippen LogP contribution < -0.4 is 15.2 Å². The van der Waals surface area contributed by atoms with Crippen LogP contribution in [0.4, 0.5) is 5.69 Å². The monoisotopic (exact) mass is 283 g/mol. The van der Waals surface area contributed by atoms with Gasteiger partial charge >= 0.3 is 0 Å². The van der Waals surface area contributed by atoms with Gasteiger partial charge in [-0.3, -0.25) is 0 Å². The summed E-state index contributed by atoms with van der Waals surface area (Å²) in [7, 11) is 5.21. The van der Waals surface area contributed by atoms with Crippen LogP contribution in [0.1, 0.15) is 0 Å². The number of para-hydroxylation sites is 1. The normalized spacial score (nSPS) is 10.8. The van der Waals surface area contributed by atoms with E-state index in [1.165, 1.54) is 0 Å². The number of imidazole rings is 1. The van der Waals surface area contributed by atoms with Gasteiger partial charge in [0.2, 0.25) is 0 Å². The average Bonchev–Trinajstić information content (AvgIpc) is 2.85. The van der Waals surface area contributed by atoms with Crippen LogP contribution in [0.3, 0.4) is 0 Å². The number of aryl methyl sites for hydroxylation is 1. The number of hydrogen-bond donors (Lipinski definition) is 1. The van der Waals surface area contributed by atoms with Gasteiger partial charge in [0.05, 0.1) is 25.4 Å². The predicted molar refractivity (Wildman–Crippen MR) is 83.7 cm³/mol. The second-order valence-corrected chi connectivity index (χ2v) is 4.78. The number of fused-ring (bicyclic) bond motifs is 1. The van der Waals surface area contributed by atoms with Crippen molar-refractivity contribution in [2.24, 2.45) is 7.05 Å². The molecular formula is C16H17N3O2. The second-order valence-electron chi connectivity index (χ2n) is 4.78. The van der Waals surface area contributed by atoms with Crippen molar-refractivity contribution in [3.8, 4) is 22.9 Å². The van der Waals surface area contributed by atoms with E-state index in [1.807, 2.05) is 48.0 Å². The van der Waals surface area contributed by atoms with Crippen molar-refractivity contribution in [2.75, 3.05) is 20.0 Å². The van der Waals surface area contributed by atoms with E-state index in [2.05, 4.69) is 4.98 Å². The lowest BCUT2D eigenvalue weighted by Crippen LogP contribution is -1.95. The molecular weight excluding hydrogens is 266 g/mol. The molecule has 0 saturated heterocycles. The maximum Gasteiger partial charge on any atom is 0.161 e. The molecule has 0 spiro atoms. The van der Waals surface area contributed by atoms with Gasteiger partial charge in [-0.05, 0) is 30.3 Å². The zero-order valence-corrected chi connectivity index (χ0v) is 12.3. The number of hydrogen-bond acceptors (Lipinski definition) is 4. The van der Waals surface area contributed by atoms with Crippen LogP contribution in [0.25, 0.3) is 22.4 Å². The molecule has 21 heavy (non-hydrogen) atoms. The first-order valence-electron chi connectivity index (χ1n) is 6.59. The van der Waals surface area contributed by atoms with Gasteiger partial charge in [0.25, 0.3) is 0 Å². The molecule has 0 aliphatic rings. The van der Waals surface area contributed by atoms with Crippen LogP contribution in [-0.4, -0.2) is 23.8 Å².